The molecule has 3 aliphatic rings. The van der Waals surface area contributed by atoms with Crippen LogP contribution in [0.5, 0.6) is 23.0 Å². The monoisotopic (exact) mass is 922 g/mol. The lowest BCUT2D eigenvalue weighted by atomic mass is 9.55. The van der Waals surface area contributed by atoms with E-state index in [-0.39, 0.29) is 63.8 Å². The molecule has 0 saturated heterocycles. The lowest BCUT2D eigenvalue weighted by Crippen LogP contribution is -2.70. The Morgan fingerprint density at radius 2 is 1.66 bits per heavy atom. The second kappa shape index (κ2) is 22.6. The molecule has 1 heterocycles. The molecule has 5 aromatic carbocycles. The molecule has 5 aromatic rings. The van der Waals surface area contributed by atoms with E-state index in [1.165, 1.54) is 7.11 Å². The van der Waals surface area contributed by atoms with Crippen molar-refractivity contribution in [3.05, 3.63) is 156 Å². The van der Waals surface area contributed by atoms with Crippen LogP contribution in [-0.2, 0) is 27.5 Å². The van der Waals surface area contributed by atoms with E-state index in [0.717, 1.165) is 65.0 Å². The maximum Gasteiger partial charge on any atom is 0.410 e. The van der Waals surface area contributed by atoms with Gasteiger partial charge in [-0.05, 0) is 108 Å². The topological polar surface area (TPSA) is 146 Å². The Bertz CT molecular complexity index is 2590. The van der Waals surface area contributed by atoms with Crippen molar-refractivity contribution in [1.29, 1.82) is 0 Å². The van der Waals surface area contributed by atoms with Gasteiger partial charge in [0.05, 0.1) is 44.1 Å². The molecule has 356 valence electrons. The fraction of sp³-hybridized carbons (Fsp3) is 0.375. The number of fused-ring (bicyclic) bond motifs is 3. The standard InChI is InChI=1S/C56H62N2O10/c1-4-30-65-56-52(58(55(62)64-5-2)35-41-21-15-20-39-18-9-10-22-45(39)41)34-49(57-66-37-38-16-7-6-8-17-38)47-32-40(19-11-13-28-59)46(23-12-14-29-60)53(54(47)56)48-33-44(25-27-51(48)68-56)67-43-24-26-50(63-3)42(31-43)36-61/h4,6-10,15-18,20-22,24-27,31-33,36,40,46,52-54,59-60H,1,5,11-14,19,23,28-30,34-35,37H2,2-3H3/t40-,46+,52-,53+,54+,56+/m0/s1. The predicted molar refractivity (Wildman–Crippen MR) is 261 cm³/mol. The molecule has 1 saturated carbocycles. The number of aldehydes is 1. The van der Waals surface area contributed by atoms with E-state index in [9.17, 15) is 19.8 Å². The molecule has 12 nitrogen and oxygen atoms in total. The number of aliphatic hydroxyl groups is 2. The van der Waals surface area contributed by atoms with Gasteiger partial charge in [0.15, 0.2) is 6.29 Å². The summed E-state index contributed by atoms with van der Waals surface area (Å²) in [6.45, 7) is 6.68. The van der Waals surface area contributed by atoms with Gasteiger partial charge in [-0.2, -0.15) is 0 Å². The van der Waals surface area contributed by atoms with Gasteiger partial charge in [-0.25, -0.2) is 4.79 Å². The summed E-state index contributed by atoms with van der Waals surface area (Å²) in [6.07, 6.45) is 8.83. The zero-order chi connectivity index (χ0) is 47.5. The van der Waals surface area contributed by atoms with Crippen molar-refractivity contribution in [2.24, 2.45) is 22.9 Å². The Hall–Kier alpha value is -6.47. The first kappa shape index (κ1) is 48.0. The summed E-state index contributed by atoms with van der Waals surface area (Å²) in [4.78, 5) is 34.9. The zero-order valence-corrected chi connectivity index (χ0v) is 39.0. The molecule has 2 aliphatic carbocycles. The van der Waals surface area contributed by atoms with Crippen molar-refractivity contribution in [3.63, 3.8) is 0 Å². The maximum absolute atomic E-state index is 14.8. The third-order valence-electron chi connectivity index (χ3n) is 13.6. The molecule has 68 heavy (non-hydrogen) atoms. The maximum atomic E-state index is 14.8. The number of aliphatic hydroxyl groups excluding tert-OH is 2. The molecule has 1 amide bonds. The first-order valence-corrected chi connectivity index (χ1v) is 23.8. The van der Waals surface area contributed by atoms with Gasteiger partial charge in [0.1, 0.15) is 35.6 Å². The van der Waals surface area contributed by atoms with Gasteiger partial charge in [-0.1, -0.05) is 103 Å². The predicted octanol–water partition coefficient (Wildman–Crippen LogP) is 10.9. The normalized spacial score (nSPS) is 22.0. The van der Waals surface area contributed by atoms with Crippen molar-refractivity contribution >= 4 is 28.9 Å². The van der Waals surface area contributed by atoms with Crippen molar-refractivity contribution in [2.45, 2.75) is 82.8 Å². The molecule has 0 aromatic heterocycles. The number of unbranched alkanes of at least 4 members (excludes halogenated alkanes) is 2. The zero-order valence-electron chi connectivity index (χ0n) is 39.0. The van der Waals surface area contributed by atoms with Crippen molar-refractivity contribution in [1.82, 2.24) is 4.90 Å². The summed E-state index contributed by atoms with van der Waals surface area (Å²) in [7, 11) is 1.52. The Balaban J connectivity index is 1.35. The van der Waals surface area contributed by atoms with Gasteiger partial charge in [0.25, 0.3) is 0 Å². The first-order valence-electron chi connectivity index (χ1n) is 23.8. The van der Waals surface area contributed by atoms with E-state index in [1.54, 1.807) is 36.1 Å². The van der Waals surface area contributed by atoms with Crippen LogP contribution in [-0.4, -0.2) is 78.6 Å². The molecule has 12 heteroatoms. The number of hydrogen-bond donors (Lipinski definition) is 2. The molecular formula is C56H62N2O10. The number of methoxy groups -OCH3 is 1. The van der Waals surface area contributed by atoms with Crippen LogP contribution in [0.2, 0.25) is 0 Å². The summed E-state index contributed by atoms with van der Waals surface area (Å²) in [5.41, 5.74) is 4.71. The van der Waals surface area contributed by atoms with Gasteiger partial charge in [0.2, 0.25) is 5.79 Å². The minimum Gasteiger partial charge on any atom is -0.496 e. The average molecular weight is 923 g/mol. The third kappa shape index (κ3) is 10.2. The van der Waals surface area contributed by atoms with Crippen LogP contribution in [0.1, 0.15) is 84.8 Å². The number of ether oxygens (including phenoxy) is 5. The van der Waals surface area contributed by atoms with Gasteiger partial charge in [0, 0.05) is 31.1 Å². The number of carbonyl (C=O) groups excluding carboxylic acids is 2. The van der Waals surface area contributed by atoms with E-state index in [2.05, 4.69) is 30.9 Å². The fourth-order valence-electron chi connectivity index (χ4n) is 10.6. The molecular weight excluding hydrogens is 861 g/mol. The number of rotatable bonds is 22. The summed E-state index contributed by atoms with van der Waals surface area (Å²) in [5, 5.41) is 27.1. The molecule has 1 aliphatic heterocycles. The van der Waals surface area contributed by atoms with E-state index < -0.39 is 23.8 Å². The largest absolute Gasteiger partial charge is 0.496 e. The van der Waals surface area contributed by atoms with Crippen LogP contribution in [0.3, 0.4) is 0 Å². The Morgan fingerprint density at radius 1 is 0.912 bits per heavy atom. The second-order valence-electron chi connectivity index (χ2n) is 17.6. The van der Waals surface area contributed by atoms with Crippen LogP contribution >= 0.6 is 0 Å². The van der Waals surface area contributed by atoms with Crippen molar-refractivity contribution in [3.8, 4) is 23.0 Å². The molecule has 0 radical (unpaired) electrons. The average Bonchev–Trinajstić information content (AvgIpc) is 3.36. The highest BCUT2D eigenvalue weighted by Crippen LogP contribution is 2.62. The Morgan fingerprint density at radius 3 is 2.43 bits per heavy atom. The van der Waals surface area contributed by atoms with Crippen LogP contribution in [0, 0.1) is 17.8 Å². The molecule has 0 unspecified atom stereocenters. The highest BCUT2D eigenvalue weighted by Gasteiger charge is 2.65. The minimum atomic E-state index is -1.50. The van der Waals surface area contributed by atoms with Crippen molar-refractivity contribution in [2.75, 3.05) is 33.5 Å². The van der Waals surface area contributed by atoms with Crippen LogP contribution in [0.4, 0.5) is 4.79 Å². The summed E-state index contributed by atoms with van der Waals surface area (Å²) >= 11 is 0. The Kier molecular flexibility index (Phi) is 15.9. The minimum absolute atomic E-state index is 0.0133. The highest BCUT2D eigenvalue weighted by molar-refractivity contribution is 6.03. The third-order valence-corrected chi connectivity index (χ3v) is 13.6. The van der Waals surface area contributed by atoms with E-state index >= 15 is 0 Å². The number of nitrogens with zero attached hydrogens (tertiary/aromatic N) is 2. The van der Waals surface area contributed by atoms with Gasteiger partial charge >= 0.3 is 6.09 Å². The number of benzene rings is 5. The van der Waals surface area contributed by atoms with Gasteiger partial charge in [-0.3, -0.25) is 9.69 Å². The number of hydrogen-bond acceptors (Lipinski definition) is 11. The van der Waals surface area contributed by atoms with Crippen LogP contribution in [0.15, 0.2) is 139 Å². The SMILES string of the molecule is C=CCO[C@@]12Oc3ccc(Oc4ccc(OC)c(C=O)c4)cc3[C@H]3[C@H](CCCCO)[C@@H](CCCCO)C=C(C(=NOCc4ccccc4)C[C@@H]1N(Cc1cccc4ccccc14)C(=O)OCC)[C@H]32. The molecule has 2 N–H and O–H groups in total. The van der Waals surface area contributed by atoms with Gasteiger partial charge < -0.3 is 38.7 Å². The van der Waals surface area contributed by atoms with Crippen LogP contribution in [0.25, 0.3) is 10.8 Å². The van der Waals surface area contributed by atoms with Gasteiger partial charge in [-0.15, -0.1) is 6.58 Å². The van der Waals surface area contributed by atoms with E-state index in [0.29, 0.717) is 47.1 Å². The lowest BCUT2D eigenvalue weighted by Gasteiger charge is -2.59. The lowest BCUT2D eigenvalue weighted by molar-refractivity contribution is -0.256. The highest BCUT2D eigenvalue weighted by atomic mass is 16.7. The molecule has 6 atom stereocenters. The van der Waals surface area contributed by atoms with Crippen LogP contribution < -0.4 is 14.2 Å². The smallest absolute Gasteiger partial charge is 0.410 e. The van der Waals surface area contributed by atoms with E-state index in [1.807, 2.05) is 72.8 Å². The summed E-state index contributed by atoms with van der Waals surface area (Å²) < 4.78 is 32.5. The molecule has 0 bridgehead atoms. The first-order chi connectivity index (χ1) is 33.4. The number of oxime groups is 1. The number of carbonyl (C=O) groups is 2. The quantitative estimate of drug-likeness (QED) is 0.0298. The number of allylic oxidation sites excluding steroid dienone is 1. The summed E-state index contributed by atoms with van der Waals surface area (Å²) in [5.74, 6) is -0.333. The molecule has 0 spiro atoms. The Labute approximate surface area is 398 Å². The molecule has 8 rings (SSSR count). The summed E-state index contributed by atoms with van der Waals surface area (Å²) in [6, 6.07) is 34.1. The van der Waals surface area contributed by atoms with Crippen molar-refractivity contribution < 1.29 is 48.3 Å². The fourth-order valence-corrected chi connectivity index (χ4v) is 10.6. The number of amides is 1. The second-order valence-corrected chi connectivity index (χ2v) is 17.6. The molecule has 1 fully saturated rings. The van der Waals surface area contributed by atoms with E-state index in [4.69, 9.17) is 33.7 Å².